The highest BCUT2D eigenvalue weighted by atomic mass is 35.5. The standard InChI is InChI=1S/C16H16ClN3OS/c1-3-12-8-13-14(19-16(17)20-15(13)22-12)18-9-10-4-6-11(21-2)7-5-10/h4-8H,3,9H2,1-2H3,(H,18,19,20). The molecule has 3 rings (SSSR count). The number of benzene rings is 1. The zero-order valence-corrected chi connectivity index (χ0v) is 14.0. The molecule has 0 saturated carbocycles. The van der Waals surface area contributed by atoms with Gasteiger partial charge in [0.05, 0.1) is 12.5 Å². The lowest BCUT2D eigenvalue weighted by Gasteiger charge is -2.08. The summed E-state index contributed by atoms with van der Waals surface area (Å²) in [5, 5.41) is 4.65. The summed E-state index contributed by atoms with van der Waals surface area (Å²) in [7, 11) is 1.66. The molecule has 0 fully saturated rings. The van der Waals surface area contributed by atoms with Crippen molar-refractivity contribution in [2.75, 3.05) is 12.4 Å². The van der Waals surface area contributed by atoms with Crippen LogP contribution in [0.25, 0.3) is 10.2 Å². The van der Waals surface area contributed by atoms with Crippen molar-refractivity contribution >= 4 is 39.0 Å². The van der Waals surface area contributed by atoms with Gasteiger partial charge in [-0.05, 0) is 41.8 Å². The first-order valence-corrected chi connectivity index (χ1v) is 8.21. The molecule has 22 heavy (non-hydrogen) atoms. The SMILES string of the molecule is CCc1cc2c(NCc3ccc(OC)cc3)nc(Cl)nc2s1. The number of fused-ring (bicyclic) bond motifs is 1. The second-order valence-electron chi connectivity index (χ2n) is 4.83. The van der Waals surface area contributed by atoms with Crippen molar-refractivity contribution in [2.24, 2.45) is 0 Å². The monoisotopic (exact) mass is 333 g/mol. The molecule has 0 aliphatic carbocycles. The zero-order valence-electron chi connectivity index (χ0n) is 12.4. The van der Waals surface area contributed by atoms with Crippen LogP contribution in [0.15, 0.2) is 30.3 Å². The van der Waals surface area contributed by atoms with Crippen LogP contribution < -0.4 is 10.1 Å². The number of rotatable bonds is 5. The number of hydrogen-bond acceptors (Lipinski definition) is 5. The molecular weight excluding hydrogens is 318 g/mol. The first-order valence-electron chi connectivity index (χ1n) is 7.02. The number of halogens is 1. The van der Waals surface area contributed by atoms with Gasteiger partial charge >= 0.3 is 0 Å². The van der Waals surface area contributed by atoms with Gasteiger partial charge in [0.15, 0.2) is 0 Å². The molecule has 1 N–H and O–H groups in total. The van der Waals surface area contributed by atoms with E-state index in [4.69, 9.17) is 16.3 Å². The molecule has 0 aliphatic rings. The summed E-state index contributed by atoms with van der Waals surface area (Å²) in [6, 6.07) is 10.1. The van der Waals surface area contributed by atoms with Crippen LogP contribution in [0, 0.1) is 0 Å². The van der Waals surface area contributed by atoms with Crippen molar-refractivity contribution in [2.45, 2.75) is 19.9 Å². The Hall–Kier alpha value is -1.85. The number of aryl methyl sites for hydroxylation is 1. The number of hydrogen-bond donors (Lipinski definition) is 1. The molecule has 0 amide bonds. The first kappa shape index (κ1) is 15.1. The minimum Gasteiger partial charge on any atom is -0.497 e. The number of anilines is 1. The Morgan fingerprint density at radius 3 is 2.68 bits per heavy atom. The van der Waals surface area contributed by atoms with E-state index in [0.717, 1.165) is 33.8 Å². The average molecular weight is 334 g/mol. The van der Waals surface area contributed by atoms with Crippen molar-refractivity contribution in [3.05, 3.63) is 46.1 Å². The maximum atomic E-state index is 6.03. The molecule has 2 aromatic heterocycles. The van der Waals surface area contributed by atoms with Gasteiger partial charge in [-0.1, -0.05) is 19.1 Å². The van der Waals surface area contributed by atoms with Gasteiger partial charge in [-0.25, -0.2) is 9.97 Å². The molecule has 0 aliphatic heterocycles. The second-order valence-corrected chi connectivity index (χ2v) is 6.28. The van der Waals surface area contributed by atoms with Gasteiger partial charge < -0.3 is 10.1 Å². The quantitative estimate of drug-likeness (QED) is 0.697. The van der Waals surface area contributed by atoms with Gasteiger partial charge in [0, 0.05) is 11.4 Å². The van der Waals surface area contributed by atoms with Crippen LogP contribution in [0.1, 0.15) is 17.4 Å². The maximum absolute atomic E-state index is 6.03. The molecule has 0 saturated heterocycles. The molecule has 3 aromatic rings. The highest BCUT2D eigenvalue weighted by molar-refractivity contribution is 7.18. The van der Waals surface area contributed by atoms with Gasteiger partial charge in [0.1, 0.15) is 16.4 Å². The van der Waals surface area contributed by atoms with Gasteiger partial charge in [0.25, 0.3) is 0 Å². The lowest BCUT2D eigenvalue weighted by molar-refractivity contribution is 0.414. The fourth-order valence-electron chi connectivity index (χ4n) is 2.18. The van der Waals surface area contributed by atoms with Crippen LogP contribution in [-0.2, 0) is 13.0 Å². The number of nitrogens with one attached hydrogen (secondary N) is 1. The molecular formula is C16H16ClN3OS. The number of nitrogens with zero attached hydrogens (tertiary/aromatic N) is 2. The highest BCUT2D eigenvalue weighted by Crippen LogP contribution is 2.30. The molecule has 2 heterocycles. The van der Waals surface area contributed by atoms with Crippen LogP contribution in [0.3, 0.4) is 0 Å². The Kier molecular flexibility index (Phi) is 4.45. The Labute approximate surface area is 138 Å². The summed E-state index contributed by atoms with van der Waals surface area (Å²) in [5.41, 5.74) is 1.15. The van der Waals surface area contributed by atoms with Crippen molar-refractivity contribution in [1.82, 2.24) is 9.97 Å². The van der Waals surface area contributed by atoms with Gasteiger partial charge in [-0.3, -0.25) is 0 Å². The molecule has 6 heteroatoms. The zero-order chi connectivity index (χ0) is 15.5. The fourth-order valence-corrected chi connectivity index (χ4v) is 3.37. The van der Waals surface area contributed by atoms with Crippen molar-refractivity contribution in [3.8, 4) is 5.75 Å². The van der Waals surface area contributed by atoms with Crippen LogP contribution >= 0.6 is 22.9 Å². The summed E-state index contributed by atoms with van der Waals surface area (Å²) >= 11 is 7.69. The summed E-state index contributed by atoms with van der Waals surface area (Å²) in [6.07, 6.45) is 0.983. The number of methoxy groups -OCH3 is 1. The van der Waals surface area contributed by atoms with E-state index < -0.39 is 0 Å². The van der Waals surface area contributed by atoms with Crippen LogP contribution in [0.4, 0.5) is 5.82 Å². The molecule has 0 spiro atoms. The number of thiophene rings is 1. The van der Waals surface area contributed by atoms with E-state index in [1.54, 1.807) is 18.4 Å². The van der Waals surface area contributed by atoms with Crippen molar-refractivity contribution in [3.63, 3.8) is 0 Å². The fraction of sp³-hybridized carbons (Fsp3) is 0.250. The Morgan fingerprint density at radius 1 is 1.23 bits per heavy atom. The molecule has 114 valence electrons. The molecule has 0 radical (unpaired) electrons. The smallest absolute Gasteiger partial charge is 0.225 e. The van der Waals surface area contributed by atoms with E-state index in [-0.39, 0.29) is 5.28 Å². The predicted octanol–water partition coefficient (Wildman–Crippen LogP) is 4.53. The summed E-state index contributed by atoms with van der Waals surface area (Å²) in [4.78, 5) is 10.8. The molecule has 0 unspecified atom stereocenters. The summed E-state index contributed by atoms with van der Waals surface area (Å²) in [5.74, 6) is 1.63. The largest absolute Gasteiger partial charge is 0.497 e. The first-order chi connectivity index (χ1) is 10.7. The maximum Gasteiger partial charge on any atom is 0.225 e. The third-order valence-corrected chi connectivity index (χ3v) is 4.73. The highest BCUT2D eigenvalue weighted by Gasteiger charge is 2.10. The van der Waals surface area contributed by atoms with Crippen molar-refractivity contribution in [1.29, 1.82) is 0 Å². The van der Waals surface area contributed by atoms with Crippen molar-refractivity contribution < 1.29 is 4.74 Å². The second kappa shape index (κ2) is 6.50. The minimum absolute atomic E-state index is 0.272. The van der Waals surface area contributed by atoms with E-state index in [1.807, 2.05) is 24.3 Å². The average Bonchev–Trinajstić information content (AvgIpc) is 2.96. The summed E-state index contributed by atoms with van der Waals surface area (Å²) < 4.78 is 5.16. The molecule has 4 nitrogen and oxygen atoms in total. The molecule has 0 bridgehead atoms. The normalized spacial score (nSPS) is 10.9. The number of aromatic nitrogens is 2. The summed E-state index contributed by atoms with van der Waals surface area (Å²) in [6.45, 7) is 2.80. The minimum atomic E-state index is 0.272. The Balaban J connectivity index is 1.84. The van der Waals surface area contributed by atoms with Gasteiger partial charge in [-0.2, -0.15) is 0 Å². The lowest BCUT2D eigenvalue weighted by Crippen LogP contribution is -2.02. The van der Waals surface area contributed by atoms with E-state index in [1.165, 1.54) is 4.88 Å². The molecule has 1 aromatic carbocycles. The molecule has 0 atom stereocenters. The van der Waals surface area contributed by atoms with Crippen LogP contribution in [0.5, 0.6) is 5.75 Å². The van der Waals surface area contributed by atoms with Crippen LogP contribution in [0.2, 0.25) is 5.28 Å². The predicted molar refractivity (Wildman–Crippen MR) is 92.1 cm³/mol. The number of ether oxygens (including phenoxy) is 1. The van der Waals surface area contributed by atoms with E-state index in [9.17, 15) is 0 Å². The third-order valence-electron chi connectivity index (χ3n) is 3.38. The van der Waals surface area contributed by atoms with Crippen LogP contribution in [-0.4, -0.2) is 17.1 Å². The van der Waals surface area contributed by atoms with E-state index in [2.05, 4.69) is 28.3 Å². The Morgan fingerprint density at radius 2 is 2.00 bits per heavy atom. The van der Waals surface area contributed by atoms with Gasteiger partial charge in [-0.15, -0.1) is 11.3 Å². The topological polar surface area (TPSA) is 47.0 Å². The van der Waals surface area contributed by atoms with Gasteiger partial charge in [0.2, 0.25) is 5.28 Å². The Bertz CT molecular complexity index is 786. The van der Waals surface area contributed by atoms with E-state index >= 15 is 0 Å². The lowest BCUT2D eigenvalue weighted by atomic mass is 10.2. The van der Waals surface area contributed by atoms with E-state index in [0.29, 0.717) is 6.54 Å². The third kappa shape index (κ3) is 3.15.